The van der Waals surface area contributed by atoms with E-state index in [2.05, 4.69) is 26.2 Å². The molecule has 19 heavy (non-hydrogen) atoms. The number of nitrogens with one attached hydrogen (secondary N) is 1. The number of amides is 2. The Morgan fingerprint density at radius 3 is 2.95 bits per heavy atom. The first-order valence-electron chi connectivity index (χ1n) is 7.07. The van der Waals surface area contributed by atoms with Crippen LogP contribution in [0.5, 0.6) is 0 Å². The number of rotatable bonds is 3. The monoisotopic (exact) mass is 323 g/mol. The third kappa shape index (κ3) is 3.17. The van der Waals surface area contributed by atoms with Gasteiger partial charge in [-0.15, -0.1) is 0 Å². The third-order valence-electron chi connectivity index (χ3n) is 2.19. The number of halogens is 1. The normalized spacial score (nSPS) is 12.9. The fourth-order valence-electron chi connectivity index (χ4n) is 1.36. The van der Waals surface area contributed by atoms with Crippen LogP contribution in [0.1, 0.15) is 26.2 Å². The van der Waals surface area contributed by atoms with Crippen molar-refractivity contribution in [1.82, 2.24) is 4.98 Å². The van der Waals surface area contributed by atoms with Crippen molar-refractivity contribution in [3.05, 3.63) is 58.2 Å². The van der Waals surface area contributed by atoms with Gasteiger partial charge in [-0.05, 0) is 30.3 Å². The van der Waals surface area contributed by atoms with Crippen LogP contribution >= 0.6 is 15.9 Å². The fraction of sp³-hybridized carbons (Fsp3) is 0. The third-order valence-corrected chi connectivity index (χ3v) is 2.68. The van der Waals surface area contributed by atoms with E-state index in [1.54, 1.807) is 6.07 Å². The molecule has 2 amide bonds. The molecule has 6 heteroatoms. The minimum absolute atomic E-state index is 0.0516. The van der Waals surface area contributed by atoms with E-state index in [0.29, 0.717) is 4.47 Å². The van der Waals surface area contributed by atoms with E-state index in [4.69, 9.17) is 11.2 Å². The van der Waals surface area contributed by atoms with E-state index in [1.807, 2.05) is 0 Å². The highest BCUT2D eigenvalue weighted by molar-refractivity contribution is 9.10. The lowest BCUT2D eigenvalue weighted by atomic mass is 10.1. The van der Waals surface area contributed by atoms with Crippen LogP contribution in [0.2, 0.25) is 0 Å². The quantitative estimate of drug-likeness (QED) is 0.907. The second kappa shape index (κ2) is 5.62. The van der Waals surface area contributed by atoms with Crippen LogP contribution in [-0.2, 0) is 0 Å². The van der Waals surface area contributed by atoms with Gasteiger partial charge in [0.05, 0.1) is 22.3 Å². The molecule has 0 saturated heterocycles. The molecule has 3 N–H and O–H groups in total. The number of hydrogen-bond acceptors (Lipinski definition) is 3. The van der Waals surface area contributed by atoms with Crippen molar-refractivity contribution >= 4 is 33.4 Å². The van der Waals surface area contributed by atoms with Crippen molar-refractivity contribution in [3.8, 4) is 0 Å². The number of nitrogens with two attached hydrogens (primary N) is 1. The lowest BCUT2D eigenvalue weighted by Crippen LogP contribution is -2.18. The Bertz CT molecular complexity index is 829. The minimum Gasteiger partial charge on any atom is -0.366 e. The Labute approximate surface area is 123 Å². The second-order valence-electron chi connectivity index (χ2n) is 3.47. The summed E-state index contributed by atoms with van der Waals surface area (Å²) < 4.78 is 30.8. The summed E-state index contributed by atoms with van der Waals surface area (Å²) in [7, 11) is 0. The molecule has 0 unspecified atom stereocenters. The van der Waals surface area contributed by atoms with Crippen molar-refractivity contribution in [2.24, 2.45) is 5.73 Å². The van der Waals surface area contributed by atoms with Gasteiger partial charge in [0.15, 0.2) is 0 Å². The summed E-state index contributed by atoms with van der Waals surface area (Å²) >= 11 is 3.20. The van der Waals surface area contributed by atoms with Gasteiger partial charge in [-0.2, -0.15) is 0 Å². The second-order valence-corrected chi connectivity index (χ2v) is 4.38. The molecule has 0 spiro atoms. The molecule has 0 aliphatic heterocycles. The van der Waals surface area contributed by atoms with Crippen molar-refractivity contribution < 1.29 is 15.1 Å². The number of nitrogens with zero attached hydrogens (tertiary/aromatic N) is 1. The molecule has 0 saturated carbocycles. The Balaban J connectivity index is 2.47. The minimum atomic E-state index is -0.887. The maximum absolute atomic E-state index is 12.3. The van der Waals surface area contributed by atoms with Gasteiger partial charge in [0.25, 0.3) is 11.8 Å². The highest BCUT2D eigenvalue weighted by Gasteiger charge is 2.12. The lowest BCUT2D eigenvalue weighted by Gasteiger charge is -2.09. The molecule has 0 aliphatic rings. The standard InChI is InChI=1S/C13H10BrN3O2/c14-9-3-4-10(12(15)18)11(6-9)17-13(19)8-2-1-5-16-7-8/h1-7H,(H2,15,18)(H,17,19)/i1D,2D,5D,7D. The Morgan fingerprint density at radius 2 is 2.21 bits per heavy atom. The summed E-state index contributed by atoms with van der Waals surface area (Å²) in [5.41, 5.74) is 4.93. The van der Waals surface area contributed by atoms with Crippen LogP contribution in [-0.4, -0.2) is 16.8 Å². The van der Waals surface area contributed by atoms with E-state index >= 15 is 0 Å². The maximum Gasteiger partial charge on any atom is 0.257 e. The topological polar surface area (TPSA) is 85.1 Å². The summed E-state index contributed by atoms with van der Waals surface area (Å²) in [4.78, 5) is 27.1. The van der Waals surface area contributed by atoms with Crippen molar-refractivity contribution in [1.29, 1.82) is 0 Å². The molecule has 2 rings (SSSR count). The molecule has 0 atom stereocenters. The average Bonchev–Trinajstić information content (AvgIpc) is 2.44. The number of pyridine rings is 1. The number of hydrogen-bond donors (Lipinski definition) is 2. The van der Waals surface area contributed by atoms with Crippen LogP contribution in [0.4, 0.5) is 5.69 Å². The largest absolute Gasteiger partial charge is 0.366 e. The predicted octanol–water partition coefficient (Wildman–Crippen LogP) is 2.20. The highest BCUT2D eigenvalue weighted by atomic mass is 79.9. The van der Waals surface area contributed by atoms with Crippen LogP contribution < -0.4 is 11.1 Å². The molecule has 0 radical (unpaired) electrons. The molecule has 96 valence electrons. The van der Waals surface area contributed by atoms with E-state index in [1.165, 1.54) is 12.1 Å². The van der Waals surface area contributed by atoms with E-state index in [0.717, 1.165) is 0 Å². The number of carbonyl (C=O) groups excluding carboxylic acids is 2. The molecule has 1 heterocycles. The zero-order valence-corrected chi connectivity index (χ0v) is 11.0. The van der Waals surface area contributed by atoms with Gasteiger partial charge in [-0.3, -0.25) is 14.6 Å². The van der Waals surface area contributed by atoms with Crippen LogP contribution in [0.15, 0.2) is 47.1 Å². The van der Waals surface area contributed by atoms with Gasteiger partial charge < -0.3 is 11.1 Å². The summed E-state index contributed by atoms with van der Waals surface area (Å²) in [6, 6.07) is 3.28. The van der Waals surface area contributed by atoms with Gasteiger partial charge in [-0.1, -0.05) is 15.9 Å². The number of benzene rings is 1. The molecule has 0 fully saturated rings. The smallest absolute Gasteiger partial charge is 0.257 e. The lowest BCUT2D eigenvalue weighted by molar-refractivity contribution is 0.100. The Morgan fingerprint density at radius 1 is 1.42 bits per heavy atom. The van der Waals surface area contributed by atoms with Crippen LogP contribution in [0.25, 0.3) is 0 Å². The number of anilines is 1. The summed E-state index contributed by atoms with van der Waals surface area (Å²) in [5, 5.41) is 2.38. The van der Waals surface area contributed by atoms with Gasteiger partial charge in [-0.25, -0.2) is 0 Å². The number of aromatic nitrogens is 1. The predicted molar refractivity (Wildman–Crippen MR) is 74.9 cm³/mol. The number of carbonyl (C=O) groups is 2. The first-order chi connectivity index (χ1) is 10.7. The van der Waals surface area contributed by atoms with Crippen LogP contribution in [0.3, 0.4) is 0 Å². The fourth-order valence-corrected chi connectivity index (χ4v) is 1.72. The first-order valence-corrected chi connectivity index (χ1v) is 5.86. The molecule has 5 nitrogen and oxygen atoms in total. The van der Waals surface area contributed by atoms with Gasteiger partial charge in [0, 0.05) is 16.8 Å². The molecule has 1 aromatic heterocycles. The molecule has 0 bridgehead atoms. The van der Waals surface area contributed by atoms with Crippen molar-refractivity contribution in [2.45, 2.75) is 0 Å². The molecular formula is C13H10BrN3O2. The SMILES string of the molecule is [2H]c1nc([2H])c(C(=O)Nc2cc(Br)ccc2C(N)=O)c([2H])c1[2H]. The molecule has 2 aromatic rings. The Hall–Kier alpha value is -2.21. The number of primary amides is 1. The van der Waals surface area contributed by atoms with E-state index in [-0.39, 0.29) is 11.3 Å². The zero-order chi connectivity index (χ0) is 17.3. The maximum atomic E-state index is 12.3. The molecule has 0 aliphatic carbocycles. The Kier molecular flexibility index (Phi) is 2.61. The van der Waals surface area contributed by atoms with E-state index in [9.17, 15) is 9.59 Å². The molecule has 1 aromatic carbocycles. The van der Waals surface area contributed by atoms with Crippen molar-refractivity contribution in [2.75, 3.05) is 5.32 Å². The van der Waals surface area contributed by atoms with Gasteiger partial charge in [0.1, 0.15) is 0 Å². The highest BCUT2D eigenvalue weighted by Crippen LogP contribution is 2.21. The van der Waals surface area contributed by atoms with E-state index < -0.39 is 41.8 Å². The zero-order valence-electron chi connectivity index (χ0n) is 13.5. The summed E-state index contributed by atoms with van der Waals surface area (Å²) in [6.07, 6.45) is -1.15. The van der Waals surface area contributed by atoms with Crippen LogP contribution in [0, 0.1) is 0 Å². The first kappa shape index (κ1) is 8.82. The average molecular weight is 324 g/mol. The van der Waals surface area contributed by atoms with Gasteiger partial charge >= 0.3 is 0 Å². The summed E-state index contributed by atoms with van der Waals surface area (Å²) in [6.45, 7) is 0. The summed E-state index contributed by atoms with van der Waals surface area (Å²) in [5.74, 6) is -1.65. The van der Waals surface area contributed by atoms with Gasteiger partial charge in [0.2, 0.25) is 0 Å². The van der Waals surface area contributed by atoms with Crippen molar-refractivity contribution in [3.63, 3.8) is 0 Å². The molecular weight excluding hydrogens is 310 g/mol.